The number of hydrogen-bond donors (Lipinski definition) is 3. The van der Waals surface area contributed by atoms with Crippen LogP contribution in [0, 0.1) is 0 Å². The molecule has 2 fully saturated rings. The molecule has 1 aromatic carbocycles. The summed E-state index contributed by atoms with van der Waals surface area (Å²) in [6.07, 6.45) is -0.667. The predicted molar refractivity (Wildman–Crippen MR) is 105 cm³/mol. The van der Waals surface area contributed by atoms with Gasteiger partial charge in [0.05, 0.1) is 23.2 Å². The first-order valence-electron chi connectivity index (χ1n) is 10.2. The lowest BCUT2D eigenvalue weighted by atomic mass is 9.85. The van der Waals surface area contributed by atoms with Crippen molar-refractivity contribution in [2.75, 3.05) is 0 Å². The van der Waals surface area contributed by atoms with E-state index in [9.17, 15) is 27.6 Å². The number of nitrogens with one attached hydrogen (secondary N) is 3. The van der Waals surface area contributed by atoms with Crippen molar-refractivity contribution in [3.8, 4) is 0 Å². The number of carbonyl (C=O) groups excluding carboxylic acids is 2. The van der Waals surface area contributed by atoms with Gasteiger partial charge in [-0.1, -0.05) is 18.6 Å². The zero-order chi connectivity index (χ0) is 22.4. The topological polar surface area (TPSA) is 98.1 Å². The van der Waals surface area contributed by atoms with Crippen LogP contribution in [-0.2, 0) is 11.0 Å². The third-order valence-corrected chi connectivity index (χ3v) is 6.24. The van der Waals surface area contributed by atoms with Crippen molar-refractivity contribution in [1.82, 2.24) is 20.2 Å². The lowest BCUT2D eigenvalue weighted by Crippen LogP contribution is -2.56. The average molecular weight is 436 g/mol. The van der Waals surface area contributed by atoms with Gasteiger partial charge in [0.25, 0.3) is 5.91 Å². The Morgan fingerprint density at radius 2 is 2.00 bits per heavy atom. The predicted octanol–water partition coefficient (Wildman–Crippen LogP) is 3.13. The second-order valence-corrected chi connectivity index (χ2v) is 8.44. The van der Waals surface area contributed by atoms with Crippen molar-refractivity contribution in [3.63, 3.8) is 0 Å². The van der Waals surface area contributed by atoms with Crippen molar-refractivity contribution in [1.29, 1.82) is 0 Å². The Morgan fingerprint density at radius 3 is 2.68 bits per heavy atom. The second-order valence-electron chi connectivity index (χ2n) is 8.44. The molecule has 10 heteroatoms. The van der Waals surface area contributed by atoms with E-state index >= 15 is 0 Å². The van der Waals surface area contributed by atoms with Crippen LogP contribution in [0.2, 0.25) is 0 Å². The number of alkyl halides is 3. The summed E-state index contributed by atoms with van der Waals surface area (Å²) in [6, 6.07) is 3.80. The number of H-pyrrole nitrogens is 2. The molecule has 0 radical (unpaired) electrons. The van der Waals surface area contributed by atoms with E-state index in [0.717, 1.165) is 12.1 Å². The summed E-state index contributed by atoms with van der Waals surface area (Å²) in [5.41, 5.74) is -1.79. The largest absolute Gasteiger partial charge is 0.416 e. The first kappa shape index (κ1) is 21.2. The number of aromatic nitrogens is 2. The van der Waals surface area contributed by atoms with E-state index in [1.165, 1.54) is 17.2 Å². The van der Waals surface area contributed by atoms with Crippen molar-refractivity contribution < 1.29 is 22.8 Å². The van der Waals surface area contributed by atoms with Gasteiger partial charge in [0.2, 0.25) is 5.91 Å². The van der Waals surface area contributed by atoms with Crippen LogP contribution >= 0.6 is 0 Å². The SMILES string of the molecule is C[C@]12C[C@@H](c3cccc(C(F)(F)F)c3)N(C(=O)c3c[nH]c(=O)[nH]3)[C@H]1CCCCC(=O)N2. The first-order valence-corrected chi connectivity index (χ1v) is 10.2. The molecule has 2 amide bonds. The molecule has 0 spiro atoms. The minimum atomic E-state index is -4.52. The fourth-order valence-corrected chi connectivity index (χ4v) is 4.83. The highest BCUT2D eigenvalue weighted by Crippen LogP contribution is 2.46. The standard InChI is InChI=1S/C21H23F3N4O3/c1-20-10-15(12-5-4-6-13(9-12)21(22,23)24)28(18(30)14-11-25-19(31)26-14)16(20)7-2-3-8-17(29)27-20/h4-6,9,11,15-16H,2-3,7-8,10H2,1H3,(H,27,29)(H2,25,26,31)/t15-,16-,20-/m0/s1. The Morgan fingerprint density at radius 1 is 1.23 bits per heavy atom. The number of aromatic amines is 2. The highest BCUT2D eigenvalue weighted by molar-refractivity contribution is 5.93. The van der Waals surface area contributed by atoms with E-state index in [4.69, 9.17) is 0 Å². The molecule has 7 nitrogen and oxygen atoms in total. The van der Waals surface area contributed by atoms with Crippen LogP contribution in [0.25, 0.3) is 0 Å². The zero-order valence-corrected chi connectivity index (χ0v) is 16.9. The average Bonchev–Trinajstić information content (AvgIpc) is 3.24. The minimum Gasteiger partial charge on any atom is -0.349 e. The molecule has 2 aliphatic heterocycles. The number of halogens is 3. The summed E-state index contributed by atoms with van der Waals surface area (Å²) in [4.78, 5) is 43.6. The fourth-order valence-electron chi connectivity index (χ4n) is 4.83. The molecule has 31 heavy (non-hydrogen) atoms. The van der Waals surface area contributed by atoms with E-state index < -0.39 is 41.0 Å². The summed E-state index contributed by atoms with van der Waals surface area (Å²) in [5.74, 6) is -0.636. The van der Waals surface area contributed by atoms with Crippen molar-refractivity contribution in [3.05, 3.63) is 57.8 Å². The van der Waals surface area contributed by atoms with Gasteiger partial charge in [-0.25, -0.2) is 4.79 Å². The zero-order valence-electron chi connectivity index (χ0n) is 16.9. The van der Waals surface area contributed by atoms with Gasteiger partial charge in [-0.2, -0.15) is 13.2 Å². The lowest BCUT2D eigenvalue weighted by Gasteiger charge is -2.38. The normalized spacial score (nSPS) is 26.7. The van der Waals surface area contributed by atoms with E-state index in [-0.39, 0.29) is 18.0 Å². The van der Waals surface area contributed by atoms with Crippen molar-refractivity contribution in [2.45, 2.75) is 62.8 Å². The van der Waals surface area contributed by atoms with Gasteiger partial charge in [-0.05, 0) is 43.9 Å². The molecule has 2 saturated heterocycles. The van der Waals surface area contributed by atoms with Crippen LogP contribution in [0.15, 0.2) is 35.3 Å². The molecule has 0 saturated carbocycles. The molecule has 2 aromatic rings. The Bertz CT molecular complexity index is 1060. The molecule has 4 rings (SSSR count). The summed E-state index contributed by atoms with van der Waals surface area (Å²) in [6.45, 7) is 1.83. The molecule has 0 bridgehead atoms. The van der Waals surface area contributed by atoms with Crippen molar-refractivity contribution >= 4 is 11.8 Å². The highest BCUT2D eigenvalue weighted by Gasteiger charge is 2.53. The summed E-state index contributed by atoms with van der Waals surface area (Å²) in [5, 5.41) is 3.01. The number of carbonyl (C=O) groups is 2. The third-order valence-electron chi connectivity index (χ3n) is 6.24. The highest BCUT2D eigenvalue weighted by atomic mass is 19.4. The van der Waals surface area contributed by atoms with E-state index in [1.807, 2.05) is 6.92 Å². The lowest BCUT2D eigenvalue weighted by molar-refractivity contribution is -0.137. The van der Waals surface area contributed by atoms with E-state index in [2.05, 4.69) is 15.3 Å². The summed E-state index contributed by atoms with van der Waals surface area (Å²) < 4.78 is 40.0. The van der Waals surface area contributed by atoms with Crippen LogP contribution in [-0.4, -0.2) is 38.3 Å². The Kier molecular flexibility index (Phi) is 5.18. The fraction of sp³-hybridized carbons (Fsp3) is 0.476. The van der Waals surface area contributed by atoms with Gasteiger partial charge in [-0.15, -0.1) is 0 Å². The number of rotatable bonds is 2. The minimum absolute atomic E-state index is 0.0274. The maximum atomic E-state index is 13.4. The van der Waals surface area contributed by atoms with Crippen LogP contribution in [0.5, 0.6) is 0 Å². The molecule has 1 aromatic heterocycles. The van der Waals surface area contributed by atoms with Gasteiger partial charge in [0.15, 0.2) is 0 Å². The Balaban J connectivity index is 1.80. The number of likely N-dealkylation sites (tertiary alicyclic amines) is 1. The molecule has 3 N–H and O–H groups in total. The smallest absolute Gasteiger partial charge is 0.349 e. The number of benzene rings is 1. The maximum absolute atomic E-state index is 13.4. The molecular weight excluding hydrogens is 413 g/mol. The number of fused-ring (bicyclic) bond motifs is 1. The first-order chi connectivity index (χ1) is 14.6. The molecule has 3 heterocycles. The summed E-state index contributed by atoms with van der Waals surface area (Å²) in [7, 11) is 0. The molecule has 0 aliphatic carbocycles. The molecular formula is C21H23F3N4O3. The van der Waals surface area contributed by atoms with Crippen LogP contribution < -0.4 is 11.0 Å². The summed E-state index contributed by atoms with van der Waals surface area (Å²) >= 11 is 0. The molecule has 166 valence electrons. The number of nitrogens with zero attached hydrogens (tertiary/aromatic N) is 1. The van der Waals surface area contributed by atoms with Crippen LogP contribution in [0.3, 0.4) is 0 Å². The number of hydrogen-bond acceptors (Lipinski definition) is 3. The molecule has 3 atom stereocenters. The molecule has 2 aliphatic rings. The van der Waals surface area contributed by atoms with E-state index in [1.54, 1.807) is 6.07 Å². The number of amides is 2. The molecule has 0 unspecified atom stereocenters. The van der Waals surface area contributed by atoms with Crippen molar-refractivity contribution in [2.24, 2.45) is 0 Å². The quantitative estimate of drug-likeness (QED) is 0.675. The third kappa shape index (κ3) is 3.98. The second kappa shape index (κ2) is 7.58. The van der Waals surface area contributed by atoms with Gasteiger partial charge in [0, 0.05) is 12.6 Å². The Hall–Kier alpha value is -3.04. The van der Waals surface area contributed by atoms with E-state index in [0.29, 0.717) is 31.2 Å². The Labute approximate surface area is 176 Å². The number of imidazole rings is 1. The van der Waals surface area contributed by atoms with Crippen LogP contribution in [0.1, 0.15) is 66.7 Å². The van der Waals surface area contributed by atoms with Gasteiger partial charge < -0.3 is 20.2 Å². The maximum Gasteiger partial charge on any atom is 0.416 e. The monoisotopic (exact) mass is 436 g/mol. The van der Waals surface area contributed by atoms with Crippen LogP contribution in [0.4, 0.5) is 13.2 Å². The van der Waals surface area contributed by atoms with Gasteiger partial charge in [0.1, 0.15) is 5.69 Å². The van der Waals surface area contributed by atoms with Gasteiger partial charge >= 0.3 is 11.9 Å². The van der Waals surface area contributed by atoms with Gasteiger partial charge in [-0.3, -0.25) is 9.59 Å².